The topological polar surface area (TPSA) is 139 Å². The molecule has 0 N–H and O–H groups in total. The summed E-state index contributed by atoms with van der Waals surface area (Å²) in [7, 11) is -9.73. The van der Waals surface area contributed by atoms with Crippen molar-refractivity contribution in [3.63, 3.8) is 0 Å². The molecule has 0 saturated carbocycles. The van der Waals surface area contributed by atoms with Gasteiger partial charge in [0.2, 0.25) is 7.60 Å². The van der Waals surface area contributed by atoms with Crippen molar-refractivity contribution < 1.29 is 155 Å². The molecule has 0 aliphatic heterocycles. The molecule has 0 aliphatic carbocycles. The molecule has 3 rings (SSSR count). The Morgan fingerprint density at radius 2 is 1.21 bits per heavy atom. The van der Waals surface area contributed by atoms with E-state index in [9.17, 15) is 23.8 Å². The van der Waals surface area contributed by atoms with Crippen molar-refractivity contribution in [2.45, 2.75) is 0 Å². The summed E-state index contributed by atoms with van der Waals surface area (Å²) in [5.41, 5.74) is -0.643. The van der Waals surface area contributed by atoms with Crippen LogP contribution < -0.4 is 159 Å². The van der Waals surface area contributed by atoms with Gasteiger partial charge in [-0.3, -0.25) is 4.57 Å². The van der Waals surface area contributed by atoms with Crippen molar-refractivity contribution in [1.29, 1.82) is 0 Å². The summed E-state index contributed by atoms with van der Waals surface area (Å²) < 4.78 is 38.2. The minimum atomic E-state index is -4.97. The van der Waals surface area contributed by atoms with Gasteiger partial charge < -0.3 is 32.6 Å². The van der Waals surface area contributed by atoms with Gasteiger partial charge in [-0.2, -0.15) is 0 Å². The second-order valence-electron chi connectivity index (χ2n) is 4.80. The first kappa shape index (κ1) is 33.5. The SMILES string of the molecule is O=P([O-])([O-])c1ccc(Pc2ccc(P(=O)([O-])Oc3ccccc3)o2)o1.[Na+].[Na+].[Na+].[Na+]. The molecule has 0 aliphatic rings. The van der Waals surface area contributed by atoms with Gasteiger partial charge in [-0.25, -0.2) is 0 Å². The van der Waals surface area contributed by atoms with E-state index in [0.29, 0.717) is 0 Å². The largest absolute Gasteiger partial charge is 1.00 e. The minimum absolute atomic E-state index is 0. The van der Waals surface area contributed by atoms with Crippen LogP contribution >= 0.6 is 23.8 Å². The van der Waals surface area contributed by atoms with Crippen molar-refractivity contribution in [3.8, 4) is 5.75 Å². The summed E-state index contributed by atoms with van der Waals surface area (Å²) in [5, 5.41) is 0. The number of furan rings is 2. The third-order valence-electron chi connectivity index (χ3n) is 2.94. The molecule has 2 heterocycles. The first-order chi connectivity index (χ1) is 11.7. The Kier molecular flexibility index (Phi) is 16.9. The quantitative estimate of drug-likeness (QED) is 0.245. The predicted molar refractivity (Wildman–Crippen MR) is 86.6 cm³/mol. The summed E-state index contributed by atoms with van der Waals surface area (Å²) in [5.74, 6) is 0.151. The zero-order valence-corrected chi connectivity index (χ0v) is 27.1. The van der Waals surface area contributed by atoms with Crippen LogP contribution in [0.25, 0.3) is 0 Å². The second-order valence-corrected chi connectivity index (χ2v) is 9.09. The Labute approximate surface area is 257 Å². The van der Waals surface area contributed by atoms with Crippen LogP contribution in [-0.2, 0) is 9.13 Å². The van der Waals surface area contributed by atoms with Gasteiger partial charge >= 0.3 is 118 Å². The molecule has 29 heavy (non-hydrogen) atoms. The maximum atomic E-state index is 12.2. The van der Waals surface area contributed by atoms with E-state index >= 15 is 0 Å². The molecule has 132 valence electrons. The Morgan fingerprint density at radius 1 is 0.724 bits per heavy atom. The molecule has 2 unspecified atom stereocenters. The van der Waals surface area contributed by atoms with Gasteiger partial charge in [-0.1, -0.05) is 18.2 Å². The van der Waals surface area contributed by atoms with E-state index in [0.717, 1.165) is 6.07 Å². The Bertz CT molecular complexity index is 972. The zero-order valence-electron chi connectivity index (χ0n) is 16.4. The van der Waals surface area contributed by atoms with Crippen LogP contribution in [0, 0.1) is 0 Å². The minimum Gasteiger partial charge on any atom is -0.805 e. The van der Waals surface area contributed by atoms with E-state index < -0.39 is 20.7 Å². The molecular weight excluding hydrogens is 481 g/mol. The first-order valence-electron chi connectivity index (χ1n) is 6.80. The fourth-order valence-corrected chi connectivity index (χ4v) is 4.36. The standard InChI is InChI=1S/C14H13O8P3.4Na/c15-24(16,17)13-8-6-11(20-13)23-12-7-9-14(21-12)25(18,19)22-10-4-2-1-3-5-10;;;;/h1-9,23H,(H,18,19)(H2,15,16,17);;;;/q;4*+1/p-3. The predicted octanol–water partition coefficient (Wildman–Crippen LogP) is -12.7. The van der Waals surface area contributed by atoms with Gasteiger partial charge in [-0.05, 0) is 36.4 Å². The maximum absolute atomic E-state index is 12.2. The third-order valence-corrected chi connectivity index (χ3v) is 5.98. The fraction of sp³-hybridized carbons (Fsp3) is 0. The van der Waals surface area contributed by atoms with Crippen LogP contribution in [0.3, 0.4) is 0 Å². The van der Waals surface area contributed by atoms with Crippen LogP contribution in [0.4, 0.5) is 0 Å². The third kappa shape index (κ3) is 10.0. The molecule has 0 saturated heterocycles. The van der Waals surface area contributed by atoms with Crippen LogP contribution in [-0.4, -0.2) is 0 Å². The molecule has 1 aromatic carbocycles. The number of hydrogen-bond donors (Lipinski definition) is 0. The average molecular weight is 491 g/mol. The molecule has 0 bridgehead atoms. The van der Waals surface area contributed by atoms with E-state index in [2.05, 4.69) is 0 Å². The Morgan fingerprint density at radius 3 is 1.69 bits per heavy atom. The van der Waals surface area contributed by atoms with E-state index in [4.69, 9.17) is 13.4 Å². The number of para-hydroxylation sites is 1. The smallest absolute Gasteiger partial charge is 0.805 e. The van der Waals surface area contributed by atoms with E-state index in [-0.39, 0.29) is 149 Å². The van der Waals surface area contributed by atoms with Crippen LogP contribution in [0.5, 0.6) is 5.75 Å². The van der Waals surface area contributed by atoms with E-state index in [1.165, 1.54) is 30.3 Å². The molecule has 8 nitrogen and oxygen atoms in total. The van der Waals surface area contributed by atoms with Gasteiger partial charge in [-0.15, -0.1) is 0 Å². The number of benzene rings is 1. The van der Waals surface area contributed by atoms with Gasteiger partial charge in [0, 0.05) is 16.2 Å². The molecule has 2 aromatic heterocycles. The van der Waals surface area contributed by atoms with Crippen molar-refractivity contribution in [2.75, 3.05) is 0 Å². The number of rotatable bonds is 6. The van der Waals surface area contributed by atoms with E-state index in [1.54, 1.807) is 18.2 Å². The summed E-state index contributed by atoms with van der Waals surface area (Å²) in [6.45, 7) is 0. The number of hydrogen-bond acceptors (Lipinski definition) is 8. The molecule has 15 heteroatoms. The molecule has 0 fully saturated rings. The summed E-state index contributed by atoms with van der Waals surface area (Å²) in [4.78, 5) is 33.9. The summed E-state index contributed by atoms with van der Waals surface area (Å²) >= 11 is 0. The van der Waals surface area contributed by atoms with Gasteiger partial charge in [0.15, 0.2) is 5.50 Å². The molecule has 2 atom stereocenters. The normalized spacial score (nSPS) is 12.7. The van der Waals surface area contributed by atoms with Crippen LogP contribution in [0.15, 0.2) is 63.4 Å². The zero-order chi connectivity index (χ0) is 18.1. The Balaban J connectivity index is 0. The molecular formula is C14H10Na4O8P3+. The fourth-order valence-electron chi connectivity index (χ4n) is 1.87. The average Bonchev–Trinajstić information content (AvgIpc) is 3.17. The van der Waals surface area contributed by atoms with Crippen molar-refractivity contribution in [2.24, 2.45) is 0 Å². The monoisotopic (exact) mass is 491 g/mol. The summed E-state index contributed by atoms with van der Waals surface area (Å²) in [6.07, 6.45) is 0. The van der Waals surface area contributed by atoms with Crippen molar-refractivity contribution in [1.82, 2.24) is 0 Å². The first-order valence-corrected chi connectivity index (χ1v) is 10.9. The van der Waals surface area contributed by atoms with Crippen LogP contribution in [0.1, 0.15) is 0 Å². The second kappa shape index (κ2) is 14.6. The molecule has 0 spiro atoms. The Hall–Kier alpha value is 2.35. The van der Waals surface area contributed by atoms with Crippen molar-refractivity contribution in [3.05, 3.63) is 54.6 Å². The summed E-state index contributed by atoms with van der Waals surface area (Å²) in [6, 6.07) is 13.0. The van der Waals surface area contributed by atoms with Gasteiger partial charge in [0.25, 0.3) is 0 Å². The maximum Gasteiger partial charge on any atom is 1.00 e. The van der Waals surface area contributed by atoms with Crippen molar-refractivity contribution >= 4 is 45.8 Å². The van der Waals surface area contributed by atoms with Gasteiger partial charge in [0.05, 0.1) is 0 Å². The molecule has 3 aromatic rings. The van der Waals surface area contributed by atoms with E-state index in [1.807, 2.05) is 0 Å². The molecule has 0 radical (unpaired) electrons. The van der Waals surface area contributed by atoms with Crippen LogP contribution in [0.2, 0.25) is 0 Å². The molecule has 0 amide bonds. The van der Waals surface area contributed by atoms with Gasteiger partial charge in [0.1, 0.15) is 22.3 Å².